The van der Waals surface area contributed by atoms with E-state index in [1.165, 1.54) is 31.2 Å². The van der Waals surface area contributed by atoms with Gasteiger partial charge in [-0.1, -0.05) is 30.5 Å². The van der Waals surface area contributed by atoms with Gasteiger partial charge in [0, 0.05) is 61.5 Å². The molecule has 1 saturated heterocycles. The topological polar surface area (TPSA) is 43.9 Å². The van der Waals surface area contributed by atoms with Gasteiger partial charge in [0.25, 0.3) is 11.8 Å². The second-order valence-corrected chi connectivity index (χ2v) is 9.67. The quantitative estimate of drug-likeness (QED) is 0.701. The van der Waals surface area contributed by atoms with Crippen LogP contribution in [0.4, 0.5) is 0 Å². The third-order valence-corrected chi connectivity index (χ3v) is 7.54. The molecular weight excluding hydrogens is 422 g/mol. The molecule has 6 heteroatoms. The van der Waals surface area contributed by atoms with Gasteiger partial charge >= 0.3 is 0 Å². The van der Waals surface area contributed by atoms with Crippen LogP contribution in [0.1, 0.15) is 57.5 Å². The van der Waals surface area contributed by atoms with Crippen LogP contribution in [0.25, 0.3) is 0 Å². The Hall–Kier alpha value is -2.37. The molecule has 1 saturated carbocycles. The summed E-state index contributed by atoms with van der Waals surface area (Å²) in [4.78, 5) is 32.4. The molecule has 5 rings (SSSR count). The van der Waals surface area contributed by atoms with Gasteiger partial charge in [-0.2, -0.15) is 0 Å². The molecule has 0 atom stereocenters. The van der Waals surface area contributed by atoms with Crippen LogP contribution in [0, 0.1) is 0 Å². The standard InChI is InChI=1S/C26H30ClN3O2/c27-23-9-7-19(8-10-23)25(31)30-12-11-20-17-21(5-6-22(20)18-30)26(32)29-15-13-28(14-16-29)24-3-1-2-4-24/h5-10,17,24H,1-4,11-16,18H2. The fourth-order valence-electron chi connectivity index (χ4n) is 5.38. The van der Waals surface area contributed by atoms with E-state index in [4.69, 9.17) is 11.6 Å². The molecular formula is C26H30ClN3O2. The molecule has 0 unspecified atom stereocenters. The first-order chi connectivity index (χ1) is 15.6. The van der Waals surface area contributed by atoms with Crippen molar-refractivity contribution in [1.82, 2.24) is 14.7 Å². The normalized spacial score (nSPS) is 19.8. The monoisotopic (exact) mass is 451 g/mol. The van der Waals surface area contributed by atoms with Gasteiger partial charge < -0.3 is 9.80 Å². The number of nitrogens with zero attached hydrogens (tertiary/aromatic N) is 3. The summed E-state index contributed by atoms with van der Waals surface area (Å²) in [7, 11) is 0. The minimum absolute atomic E-state index is 0.0209. The van der Waals surface area contributed by atoms with Crippen LogP contribution in [0.5, 0.6) is 0 Å². The maximum Gasteiger partial charge on any atom is 0.254 e. The summed E-state index contributed by atoms with van der Waals surface area (Å²) in [5.41, 5.74) is 3.73. The molecule has 0 radical (unpaired) electrons. The van der Waals surface area contributed by atoms with E-state index in [0.717, 1.165) is 49.8 Å². The lowest BCUT2D eigenvalue weighted by atomic mass is 9.96. The highest BCUT2D eigenvalue weighted by molar-refractivity contribution is 6.30. The third kappa shape index (κ3) is 4.41. The van der Waals surface area contributed by atoms with Crippen molar-refractivity contribution in [2.75, 3.05) is 32.7 Å². The minimum Gasteiger partial charge on any atom is -0.336 e. The largest absolute Gasteiger partial charge is 0.336 e. The second kappa shape index (κ2) is 9.24. The Bertz CT molecular complexity index is 993. The van der Waals surface area contributed by atoms with Crippen molar-refractivity contribution in [1.29, 1.82) is 0 Å². The van der Waals surface area contributed by atoms with E-state index in [9.17, 15) is 9.59 Å². The molecule has 168 valence electrons. The van der Waals surface area contributed by atoms with E-state index < -0.39 is 0 Å². The van der Waals surface area contributed by atoms with Crippen molar-refractivity contribution in [3.05, 3.63) is 69.7 Å². The lowest BCUT2D eigenvalue weighted by Gasteiger charge is -2.38. The highest BCUT2D eigenvalue weighted by atomic mass is 35.5. The van der Waals surface area contributed by atoms with E-state index in [1.807, 2.05) is 28.0 Å². The van der Waals surface area contributed by atoms with Crippen LogP contribution < -0.4 is 0 Å². The van der Waals surface area contributed by atoms with Crippen molar-refractivity contribution in [3.8, 4) is 0 Å². The molecule has 5 nitrogen and oxygen atoms in total. The minimum atomic E-state index is 0.0209. The molecule has 2 heterocycles. The van der Waals surface area contributed by atoms with Crippen molar-refractivity contribution in [3.63, 3.8) is 0 Å². The lowest BCUT2D eigenvalue weighted by molar-refractivity contribution is 0.0572. The predicted molar refractivity (Wildman–Crippen MR) is 126 cm³/mol. The smallest absolute Gasteiger partial charge is 0.254 e. The van der Waals surface area contributed by atoms with E-state index in [0.29, 0.717) is 23.7 Å². The molecule has 2 aliphatic heterocycles. The summed E-state index contributed by atoms with van der Waals surface area (Å²) in [6.07, 6.45) is 6.10. The van der Waals surface area contributed by atoms with Gasteiger partial charge in [-0.3, -0.25) is 14.5 Å². The molecule has 0 aromatic heterocycles. The Balaban J connectivity index is 1.21. The van der Waals surface area contributed by atoms with E-state index in [2.05, 4.69) is 4.90 Å². The number of rotatable bonds is 3. The van der Waals surface area contributed by atoms with Crippen molar-refractivity contribution in [2.45, 2.75) is 44.7 Å². The highest BCUT2D eigenvalue weighted by Crippen LogP contribution is 2.26. The zero-order valence-corrected chi connectivity index (χ0v) is 19.2. The Morgan fingerprint density at radius 3 is 2.12 bits per heavy atom. The third-order valence-electron chi connectivity index (χ3n) is 7.29. The summed E-state index contributed by atoms with van der Waals surface area (Å²) < 4.78 is 0. The number of halogens is 1. The van der Waals surface area contributed by atoms with Gasteiger partial charge in [0.2, 0.25) is 0 Å². The Morgan fingerprint density at radius 2 is 1.41 bits per heavy atom. The number of hydrogen-bond acceptors (Lipinski definition) is 3. The van der Waals surface area contributed by atoms with Gasteiger partial charge in [-0.25, -0.2) is 0 Å². The molecule has 2 aromatic rings. The number of piperazine rings is 1. The van der Waals surface area contributed by atoms with Crippen molar-refractivity contribution >= 4 is 23.4 Å². The van der Waals surface area contributed by atoms with Crippen molar-refractivity contribution < 1.29 is 9.59 Å². The first kappa shape index (κ1) is 21.5. The number of carbonyl (C=O) groups excluding carboxylic acids is 2. The average Bonchev–Trinajstić information content (AvgIpc) is 3.38. The lowest BCUT2D eigenvalue weighted by Crippen LogP contribution is -2.51. The molecule has 3 aliphatic rings. The predicted octanol–water partition coefficient (Wildman–Crippen LogP) is 4.24. The molecule has 2 fully saturated rings. The van der Waals surface area contributed by atoms with E-state index >= 15 is 0 Å². The molecule has 32 heavy (non-hydrogen) atoms. The van der Waals surface area contributed by atoms with Crippen molar-refractivity contribution in [2.24, 2.45) is 0 Å². The molecule has 0 bridgehead atoms. The summed E-state index contributed by atoms with van der Waals surface area (Å²) in [6.45, 7) is 4.84. The van der Waals surface area contributed by atoms with Gasteiger partial charge in [0.05, 0.1) is 0 Å². The van der Waals surface area contributed by atoms with Crippen LogP contribution >= 0.6 is 11.6 Å². The number of hydrogen-bond donors (Lipinski definition) is 0. The Labute approximate surface area is 194 Å². The molecule has 2 amide bonds. The van der Waals surface area contributed by atoms with Crippen LogP contribution in [0.2, 0.25) is 5.02 Å². The van der Waals surface area contributed by atoms with Crippen LogP contribution in [-0.4, -0.2) is 65.3 Å². The van der Waals surface area contributed by atoms with Crippen LogP contribution in [0.15, 0.2) is 42.5 Å². The number of benzene rings is 2. The molecule has 1 aliphatic carbocycles. The molecule has 0 N–H and O–H groups in total. The summed E-state index contributed by atoms with van der Waals surface area (Å²) in [5, 5.41) is 0.627. The molecule has 0 spiro atoms. The first-order valence-corrected chi connectivity index (χ1v) is 12.2. The van der Waals surface area contributed by atoms with Gasteiger partial charge in [0.1, 0.15) is 0 Å². The van der Waals surface area contributed by atoms with Gasteiger partial charge in [-0.05, 0) is 66.8 Å². The van der Waals surface area contributed by atoms with E-state index in [1.54, 1.807) is 24.3 Å². The van der Waals surface area contributed by atoms with Crippen LogP contribution in [-0.2, 0) is 13.0 Å². The Morgan fingerprint density at radius 1 is 0.750 bits per heavy atom. The summed E-state index contributed by atoms with van der Waals surface area (Å²) >= 11 is 5.94. The number of fused-ring (bicyclic) bond motifs is 1. The first-order valence-electron chi connectivity index (χ1n) is 11.8. The van der Waals surface area contributed by atoms with Crippen LogP contribution in [0.3, 0.4) is 0 Å². The average molecular weight is 452 g/mol. The fraction of sp³-hybridized carbons (Fsp3) is 0.462. The fourth-order valence-corrected chi connectivity index (χ4v) is 5.50. The maximum absolute atomic E-state index is 13.1. The number of carbonyl (C=O) groups is 2. The zero-order valence-electron chi connectivity index (χ0n) is 18.4. The number of amides is 2. The van der Waals surface area contributed by atoms with E-state index in [-0.39, 0.29) is 11.8 Å². The Kier molecular flexibility index (Phi) is 6.20. The van der Waals surface area contributed by atoms with Gasteiger partial charge in [0.15, 0.2) is 0 Å². The summed E-state index contributed by atoms with van der Waals surface area (Å²) in [6, 6.07) is 13.8. The SMILES string of the molecule is O=C(c1ccc2c(c1)CCN(C(=O)c1ccc(Cl)cc1)C2)N1CCN(C2CCCC2)CC1. The molecule has 2 aromatic carbocycles. The summed E-state index contributed by atoms with van der Waals surface area (Å²) in [5.74, 6) is 0.158. The highest BCUT2D eigenvalue weighted by Gasteiger charge is 2.29. The maximum atomic E-state index is 13.1. The second-order valence-electron chi connectivity index (χ2n) is 9.23. The zero-order chi connectivity index (χ0) is 22.1. The van der Waals surface area contributed by atoms with Gasteiger partial charge in [-0.15, -0.1) is 0 Å².